The fourth-order valence-electron chi connectivity index (χ4n) is 3.34. The molecule has 1 fully saturated rings. The molecule has 1 N–H and O–H groups in total. The van der Waals surface area contributed by atoms with Crippen molar-refractivity contribution in [2.45, 2.75) is 57.6 Å². The summed E-state index contributed by atoms with van der Waals surface area (Å²) < 4.78 is 65.9. The van der Waals surface area contributed by atoms with Crippen LogP contribution in [0.25, 0.3) is 0 Å². The molecule has 1 aliphatic rings. The molecule has 0 unspecified atom stereocenters. The van der Waals surface area contributed by atoms with E-state index in [1.807, 2.05) is 6.79 Å². The second kappa shape index (κ2) is 13.2. The summed E-state index contributed by atoms with van der Waals surface area (Å²) >= 11 is 5.70. The molecule has 1 aliphatic carbocycles. The first-order chi connectivity index (χ1) is 16.3. The van der Waals surface area contributed by atoms with Crippen LogP contribution >= 0.6 is 11.6 Å². The number of carbonyl (C=O) groups excluding carboxylic acids is 3. The summed E-state index contributed by atoms with van der Waals surface area (Å²) in [6.07, 6.45) is -3.65. The highest BCUT2D eigenvalue weighted by atomic mass is 35.5. The number of carbonyl (C=O) groups is 3. The second-order valence-electron chi connectivity index (χ2n) is 7.79. The van der Waals surface area contributed by atoms with Crippen molar-refractivity contribution < 1.29 is 41.1 Å². The van der Waals surface area contributed by atoms with Gasteiger partial charge in [0.1, 0.15) is 18.4 Å². The lowest BCUT2D eigenvalue weighted by molar-refractivity contribution is -0.274. The zero-order chi connectivity index (χ0) is 26.8. The molecule has 192 valence electrons. The lowest BCUT2D eigenvalue weighted by Crippen LogP contribution is -2.44. The van der Waals surface area contributed by atoms with Crippen molar-refractivity contribution in [1.82, 2.24) is 5.32 Å². The lowest BCUT2D eigenvalue weighted by atomic mass is 9.81. The normalized spacial score (nSPS) is 19.3. The molecule has 0 radical (unpaired) electrons. The zero-order valence-electron chi connectivity index (χ0n) is 19.1. The summed E-state index contributed by atoms with van der Waals surface area (Å²) in [6.45, 7) is 4.94. The third-order valence-electron chi connectivity index (χ3n) is 5.09. The topological polar surface area (TPSA) is 72.5 Å². The fourth-order valence-corrected chi connectivity index (χ4v) is 3.56. The number of alkyl halides is 4. The summed E-state index contributed by atoms with van der Waals surface area (Å²) in [5.41, 5.74) is -0.913. The first-order valence-electron chi connectivity index (χ1n) is 10.4. The number of amides is 1. The van der Waals surface area contributed by atoms with E-state index in [2.05, 4.69) is 10.1 Å². The molecule has 2 aromatic carbocycles. The Morgan fingerprint density at radius 1 is 1.11 bits per heavy atom. The molecule has 11 heteroatoms. The number of hydrogen-bond donors (Lipinski definition) is 1. The first-order valence-corrected chi connectivity index (χ1v) is 10.7. The smallest absolute Gasteiger partial charge is 0.406 e. The second-order valence-corrected chi connectivity index (χ2v) is 8.23. The van der Waals surface area contributed by atoms with Gasteiger partial charge in [-0.1, -0.05) is 23.7 Å². The lowest BCUT2D eigenvalue weighted by Gasteiger charge is -2.32. The first kappa shape index (κ1) is 30.0. The van der Waals surface area contributed by atoms with Crippen molar-refractivity contribution in [3.8, 4) is 5.75 Å². The third-order valence-corrected chi connectivity index (χ3v) is 5.31. The summed E-state index contributed by atoms with van der Waals surface area (Å²) in [5.74, 6) is -1.68. The van der Waals surface area contributed by atoms with Crippen LogP contribution in [0.5, 0.6) is 5.75 Å². The number of halogens is 6. The average Bonchev–Trinajstić information content (AvgIpc) is 2.75. The minimum Gasteiger partial charge on any atom is -0.406 e. The number of ether oxygens (including phenoxy) is 1. The van der Waals surface area contributed by atoms with E-state index in [9.17, 15) is 31.5 Å². The van der Waals surface area contributed by atoms with Crippen molar-refractivity contribution in [1.29, 1.82) is 0 Å². The molecule has 0 saturated heterocycles. The van der Waals surface area contributed by atoms with Crippen LogP contribution in [0, 0.1) is 12.7 Å². The minimum atomic E-state index is -4.60. The Labute approximate surface area is 204 Å². The van der Waals surface area contributed by atoms with Gasteiger partial charge in [-0.2, -0.15) is 0 Å². The maximum atomic E-state index is 14.1. The monoisotopic (exact) mass is 521 g/mol. The number of rotatable bonds is 4. The van der Waals surface area contributed by atoms with E-state index >= 15 is 0 Å². The summed E-state index contributed by atoms with van der Waals surface area (Å²) in [5, 5.41) is 2.87. The number of benzene rings is 2. The van der Waals surface area contributed by atoms with Gasteiger partial charge in [0.15, 0.2) is 11.5 Å². The van der Waals surface area contributed by atoms with Crippen molar-refractivity contribution >= 4 is 30.1 Å². The Hall–Kier alpha value is -3.01. The van der Waals surface area contributed by atoms with Gasteiger partial charge in [0, 0.05) is 16.6 Å². The van der Waals surface area contributed by atoms with Crippen LogP contribution in [0.4, 0.5) is 22.0 Å². The fraction of sp³-hybridized carbons (Fsp3) is 0.375. The van der Waals surface area contributed by atoms with E-state index in [1.54, 1.807) is 13.0 Å². The average molecular weight is 522 g/mol. The van der Waals surface area contributed by atoms with Gasteiger partial charge < -0.3 is 14.8 Å². The molecule has 35 heavy (non-hydrogen) atoms. The van der Waals surface area contributed by atoms with E-state index < -0.39 is 29.5 Å². The molecule has 1 amide bonds. The van der Waals surface area contributed by atoms with Gasteiger partial charge in [-0.05, 0) is 75.4 Å². The Bertz CT molecular complexity index is 987. The van der Waals surface area contributed by atoms with E-state index in [0.29, 0.717) is 12.8 Å². The molecule has 1 saturated carbocycles. The number of aryl methyl sites for hydroxylation is 1. The third kappa shape index (κ3) is 10.4. The van der Waals surface area contributed by atoms with Crippen LogP contribution in [0.1, 0.15) is 48.5 Å². The predicted molar refractivity (Wildman–Crippen MR) is 121 cm³/mol. The van der Waals surface area contributed by atoms with Crippen LogP contribution in [-0.2, 0) is 9.59 Å². The molecular weight excluding hydrogens is 497 g/mol. The largest absolute Gasteiger partial charge is 0.573 e. The molecule has 0 aromatic heterocycles. The van der Waals surface area contributed by atoms with Gasteiger partial charge in [0.05, 0.1) is 0 Å². The molecule has 3 rings (SSSR count). The van der Waals surface area contributed by atoms with E-state index in [1.165, 1.54) is 31.2 Å². The predicted octanol–water partition coefficient (Wildman–Crippen LogP) is 6.16. The zero-order valence-corrected chi connectivity index (χ0v) is 19.8. The maximum Gasteiger partial charge on any atom is 0.573 e. The van der Waals surface area contributed by atoms with Gasteiger partial charge >= 0.3 is 6.36 Å². The number of Topliss-reactive ketones (excluding diaryl/α,β-unsaturated/α-hetero) is 1. The molecule has 0 spiro atoms. The molecule has 0 atom stereocenters. The van der Waals surface area contributed by atoms with E-state index in [0.717, 1.165) is 17.7 Å². The van der Waals surface area contributed by atoms with Crippen molar-refractivity contribution in [2.24, 2.45) is 0 Å². The van der Waals surface area contributed by atoms with Crippen molar-refractivity contribution in [3.05, 3.63) is 64.4 Å². The van der Waals surface area contributed by atoms with Gasteiger partial charge in [0.25, 0.3) is 5.91 Å². The van der Waals surface area contributed by atoms with Crippen LogP contribution in [0.2, 0.25) is 5.02 Å². The summed E-state index contributed by atoms with van der Waals surface area (Å²) in [6, 6.07) is 9.16. The quantitative estimate of drug-likeness (QED) is 0.489. The molecular formula is C24H25ClF5NO4. The molecule has 5 nitrogen and oxygen atoms in total. The molecule has 0 heterocycles. The summed E-state index contributed by atoms with van der Waals surface area (Å²) in [7, 11) is 0. The van der Waals surface area contributed by atoms with Crippen molar-refractivity contribution in [3.63, 3.8) is 0 Å². The van der Waals surface area contributed by atoms with Crippen LogP contribution in [-0.4, -0.2) is 36.6 Å². The maximum absolute atomic E-state index is 14.1. The van der Waals surface area contributed by atoms with Crippen LogP contribution in [0.15, 0.2) is 42.5 Å². The van der Waals surface area contributed by atoms with E-state index in [4.69, 9.17) is 16.4 Å². The highest BCUT2D eigenvalue weighted by Crippen LogP contribution is 2.33. The van der Waals surface area contributed by atoms with Crippen LogP contribution in [0.3, 0.4) is 0 Å². The Morgan fingerprint density at radius 2 is 1.71 bits per heavy atom. The Morgan fingerprint density at radius 3 is 2.20 bits per heavy atom. The number of ketones is 1. The SMILES string of the molecule is C=O.CC(=O)C1(F)CCC(NC(=O)c2cc(F)cc(Cl)c2)CC1.Cc1cccc(OC(F)(F)F)c1. The standard InChI is InChI=1S/C15H16ClF2NO2.C8H7F3O.CH2O/c1-9(20)15(18)4-2-13(3-5-15)19-14(21)10-6-11(16)8-12(17)7-10;1-6-3-2-4-7(5-6)12-8(9,10)11;1-2/h6-8,13H,2-5H2,1H3,(H,19,21);2-5H,1H3;1H2. The molecule has 2 aromatic rings. The van der Waals surface area contributed by atoms with Crippen molar-refractivity contribution in [2.75, 3.05) is 0 Å². The van der Waals surface area contributed by atoms with Gasteiger partial charge in [-0.15, -0.1) is 13.2 Å². The Kier molecular flexibility index (Phi) is 11.3. The molecule has 0 bridgehead atoms. The highest BCUT2D eigenvalue weighted by Gasteiger charge is 2.39. The molecule has 0 aliphatic heterocycles. The summed E-state index contributed by atoms with van der Waals surface area (Å²) in [4.78, 5) is 31.2. The van der Waals surface area contributed by atoms with Gasteiger partial charge in [0.2, 0.25) is 0 Å². The highest BCUT2D eigenvalue weighted by molar-refractivity contribution is 6.31. The Balaban J connectivity index is 0.000000372. The van der Waals surface area contributed by atoms with Crippen LogP contribution < -0.4 is 10.1 Å². The van der Waals surface area contributed by atoms with Gasteiger partial charge in [-0.3, -0.25) is 9.59 Å². The number of hydrogen-bond acceptors (Lipinski definition) is 4. The van der Waals surface area contributed by atoms with E-state index in [-0.39, 0.29) is 35.2 Å². The minimum absolute atomic E-state index is 0.0944. The van der Waals surface area contributed by atoms with Gasteiger partial charge in [-0.25, -0.2) is 8.78 Å². The number of nitrogens with one attached hydrogen (secondary N) is 1.